The van der Waals surface area contributed by atoms with Crippen LogP contribution in [-0.4, -0.2) is 48.2 Å². The Hall–Kier alpha value is -3.35. The Labute approximate surface area is 182 Å². The fourth-order valence-electron chi connectivity index (χ4n) is 3.71. The number of likely N-dealkylation sites (tertiary alicyclic amines) is 1. The predicted molar refractivity (Wildman–Crippen MR) is 117 cm³/mol. The molecule has 1 fully saturated rings. The summed E-state index contributed by atoms with van der Waals surface area (Å²) in [7, 11) is 1.31. The number of amides is 2. The molecule has 2 amide bonds. The van der Waals surface area contributed by atoms with Gasteiger partial charge in [0.1, 0.15) is 11.6 Å². The number of esters is 1. The molecule has 1 aliphatic heterocycles. The molecule has 31 heavy (non-hydrogen) atoms. The number of nitrogens with zero attached hydrogens (tertiary/aromatic N) is 1. The van der Waals surface area contributed by atoms with E-state index in [0.717, 1.165) is 5.56 Å². The summed E-state index contributed by atoms with van der Waals surface area (Å²) in [6.45, 7) is 5.82. The quantitative estimate of drug-likeness (QED) is 0.744. The van der Waals surface area contributed by atoms with Gasteiger partial charge in [0.25, 0.3) is 0 Å². The van der Waals surface area contributed by atoms with Crippen molar-refractivity contribution in [1.29, 1.82) is 0 Å². The van der Waals surface area contributed by atoms with E-state index in [-0.39, 0.29) is 11.8 Å². The summed E-state index contributed by atoms with van der Waals surface area (Å²) in [6.07, 6.45) is 0.148. The lowest BCUT2D eigenvalue weighted by Gasteiger charge is -2.30. The molecule has 1 aliphatic rings. The van der Waals surface area contributed by atoms with Crippen LogP contribution in [0.4, 0.5) is 10.5 Å². The van der Waals surface area contributed by atoms with Gasteiger partial charge in [-0.1, -0.05) is 30.3 Å². The van der Waals surface area contributed by atoms with Crippen LogP contribution < -0.4 is 5.32 Å². The number of carbonyl (C=O) groups excluding carboxylic acids is 3. The largest absolute Gasteiger partial charge is 0.465 e. The van der Waals surface area contributed by atoms with Crippen molar-refractivity contribution < 1.29 is 23.9 Å². The molecule has 0 unspecified atom stereocenters. The van der Waals surface area contributed by atoms with Crippen LogP contribution in [-0.2, 0) is 14.3 Å². The molecule has 1 saturated heterocycles. The highest BCUT2D eigenvalue weighted by Crippen LogP contribution is 2.35. The standard InChI is InChI=1S/C24H28N2O5/c1-24(2,3)31-23(29)26-15-14-19(16-8-6-5-7-9-16)20(26)21(27)25-18-12-10-17(11-13-18)22(28)30-4/h5-13,19-20H,14-15H2,1-4H3,(H,25,27)/t19-,20-/m0/s1. The average molecular weight is 424 g/mol. The number of hydrogen-bond donors (Lipinski definition) is 1. The fourth-order valence-corrected chi connectivity index (χ4v) is 3.71. The van der Waals surface area contributed by atoms with E-state index in [9.17, 15) is 14.4 Å². The Balaban J connectivity index is 1.84. The monoisotopic (exact) mass is 424 g/mol. The van der Waals surface area contributed by atoms with Crippen molar-refractivity contribution in [3.8, 4) is 0 Å². The molecule has 2 aromatic rings. The van der Waals surface area contributed by atoms with Crippen LogP contribution in [0.1, 0.15) is 49.0 Å². The zero-order valence-electron chi connectivity index (χ0n) is 18.3. The maximum absolute atomic E-state index is 13.3. The first kappa shape index (κ1) is 22.3. The number of hydrogen-bond acceptors (Lipinski definition) is 5. The predicted octanol–water partition coefficient (Wildman–Crippen LogP) is 4.20. The van der Waals surface area contributed by atoms with Crippen LogP contribution in [0.5, 0.6) is 0 Å². The van der Waals surface area contributed by atoms with Crippen LogP contribution in [0.2, 0.25) is 0 Å². The minimum absolute atomic E-state index is 0.150. The van der Waals surface area contributed by atoms with Crippen molar-refractivity contribution in [1.82, 2.24) is 4.90 Å². The Morgan fingerprint density at radius 2 is 1.65 bits per heavy atom. The van der Waals surface area contributed by atoms with E-state index in [0.29, 0.717) is 24.2 Å². The lowest BCUT2D eigenvalue weighted by atomic mass is 9.91. The second-order valence-corrected chi connectivity index (χ2v) is 8.48. The van der Waals surface area contributed by atoms with Crippen molar-refractivity contribution in [2.75, 3.05) is 19.0 Å². The molecule has 0 spiro atoms. The molecule has 0 aromatic heterocycles. The Bertz CT molecular complexity index is 935. The molecule has 2 aromatic carbocycles. The van der Waals surface area contributed by atoms with E-state index in [2.05, 4.69) is 5.32 Å². The third-order valence-corrected chi connectivity index (χ3v) is 5.10. The summed E-state index contributed by atoms with van der Waals surface area (Å²) in [5.41, 5.74) is 1.25. The average Bonchev–Trinajstić information content (AvgIpc) is 3.19. The van der Waals surface area contributed by atoms with Gasteiger partial charge in [-0.15, -0.1) is 0 Å². The fraction of sp³-hybridized carbons (Fsp3) is 0.375. The number of methoxy groups -OCH3 is 1. The first-order valence-electron chi connectivity index (χ1n) is 10.2. The van der Waals surface area contributed by atoms with Crippen LogP contribution in [0.25, 0.3) is 0 Å². The lowest BCUT2D eigenvalue weighted by molar-refractivity contribution is -0.120. The second-order valence-electron chi connectivity index (χ2n) is 8.48. The van der Waals surface area contributed by atoms with E-state index in [1.165, 1.54) is 12.0 Å². The van der Waals surface area contributed by atoms with Gasteiger partial charge in [0.15, 0.2) is 0 Å². The number of anilines is 1. The normalized spacial score (nSPS) is 18.4. The maximum atomic E-state index is 13.3. The summed E-state index contributed by atoms with van der Waals surface area (Å²) in [4.78, 5) is 39.3. The lowest BCUT2D eigenvalue weighted by Crippen LogP contribution is -2.47. The van der Waals surface area contributed by atoms with Crippen LogP contribution >= 0.6 is 0 Å². The molecule has 0 aliphatic carbocycles. The molecule has 0 bridgehead atoms. The second kappa shape index (κ2) is 9.20. The van der Waals surface area contributed by atoms with E-state index in [4.69, 9.17) is 9.47 Å². The van der Waals surface area contributed by atoms with E-state index >= 15 is 0 Å². The Morgan fingerprint density at radius 3 is 2.23 bits per heavy atom. The molecular weight excluding hydrogens is 396 g/mol. The summed E-state index contributed by atoms with van der Waals surface area (Å²) in [5, 5.41) is 2.87. The van der Waals surface area contributed by atoms with Gasteiger partial charge in [-0.05, 0) is 57.0 Å². The molecule has 7 heteroatoms. The highest BCUT2D eigenvalue weighted by molar-refractivity contribution is 5.98. The third-order valence-electron chi connectivity index (χ3n) is 5.10. The molecule has 164 valence electrons. The van der Waals surface area contributed by atoms with Gasteiger partial charge >= 0.3 is 12.1 Å². The van der Waals surface area contributed by atoms with Crippen molar-refractivity contribution in [3.05, 3.63) is 65.7 Å². The zero-order valence-corrected chi connectivity index (χ0v) is 18.3. The molecule has 1 heterocycles. The molecule has 2 atom stereocenters. The minimum Gasteiger partial charge on any atom is -0.465 e. The highest BCUT2D eigenvalue weighted by Gasteiger charge is 2.44. The van der Waals surface area contributed by atoms with Crippen LogP contribution in [0, 0.1) is 0 Å². The van der Waals surface area contributed by atoms with Crippen LogP contribution in [0.15, 0.2) is 54.6 Å². The maximum Gasteiger partial charge on any atom is 0.410 e. The van der Waals surface area contributed by atoms with Gasteiger partial charge in [0.05, 0.1) is 12.7 Å². The van der Waals surface area contributed by atoms with Crippen LogP contribution in [0.3, 0.4) is 0 Å². The molecule has 1 N–H and O–H groups in total. The molecule has 0 saturated carbocycles. The molecule has 0 radical (unpaired) electrons. The zero-order chi connectivity index (χ0) is 22.6. The van der Waals surface area contributed by atoms with Gasteiger partial charge in [-0.25, -0.2) is 9.59 Å². The van der Waals surface area contributed by atoms with Crippen molar-refractivity contribution in [3.63, 3.8) is 0 Å². The number of rotatable bonds is 4. The van der Waals surface area contributed by atoms with Crippen molar-refractivity contribution in [2.24, 2.45) is 0 Å². The van der Waals surface area contributed by atoms with Gasteiger partial charge < -0.3 is 14.8 Å². The van der Waals surface area contributed by atoms with Crippen molar-refractivity contribution >= 4 is 23.7 Å². The van der Waals surface area contributed by atoms with E-state index in [1.807, 2.05) is 30.3 Å². The molecular formula is C24H28N2O5. The minimum atomic E-state index is -0.711. The number of ether oxygens (including phenoxy) is 2. The first-order chi connectivity index (χ1) is 14.7. The highest BCUT2D eigenvalue weighted by atomic mass is 16.6. The number of carbonyl (C=O) groups is 3. The smallest absolute Gasteiger partial charge is 0.410 e. The SMILES string of the molecule is COC(=O)c1ccc(NC(=O)[C@@H]2[C@H](c3ccccc3)CCN2C(=O)OC(C)(C)C)cc1. The Kier molecular flexibility index (Phi) is 6.63. The van der Waals surface area contributed by atoms with Crippen molar-refractivity contribution in [2.45, 2.75) is 44.8 Å². The Morgan fingerprint density at radius 1 is 1.00 bits per heavy atom. The van der Waals surface area contributed by atoms with Gasteiger partial charge in [0, 0.05) is 18.2 Å². The summed E-state index contributed by atoms with van der Waals surface area (Å²) in [5.74, 6) is -0.903. The molecule has 3 rings (SSSR count). The van der Waals surface area contributed by atoms with E-state index in [1.54, 1.807) is 45.0 Å². The van der Waals surface area contributed by atoms with Gasteiger partial charge in [-0.2, -0.15) is 0 Å². The summed E-state index contributed by atoms with van der Waals surface area (Å²) >= 11 is 0. The van der Waals surface area contributed by atoms with E-state index < -0.39 is 23.7 Å². The molecule has 7 nitrogen and oxygen atoms in total. The topological polar surface area (TPSA) is 84.9 Å². The summed E-state index contributed by atoms with van der Waals surface area (Å²) in [6, 6.07) is 15.4. The first-order valence-corrected chi connectivity index (χ1v) is 10.2. The third kappa shape index (κ3) is 5.42. The van der Waals surface area contributed by atoms with Gasteiger partial charge in [0.2, 0.25) is 5.91 Å². The summed E-state index contributed by atoms with van der Waals surface area (Å²) < 4.78 is 10.2. The van der Waals surface area contributed by atoms with Gasteiger partial charge in [-0.3, -0.25) is 9.69 Å². The number of nitrogens with one attached hydrogen (secondary N) is 1. The number of benzene rings is 2.